The Kier molecular flexibility index (Phi) is 5.65. The summed E-state index contributed by atoms with van der Waals surface area (Å²) in [5, 5.41) is 0.275. The van der Waals surface area contributed by atoms with Crippen LogP contribution in [0.3, 0.4) is 0 Å². The van der Waals surface area contributed by atoms with E-state index in [0.717, 1.165) is 28.5 Å². The molecule has 1 nitrogen and oxygen atoms in total. The Morgan fingerprint density at radius 3 is 1.61 bits per heavy atom. The summed E-state index contributed by atoms with van der Waals surface area (Å²) in [4.78, 5) is 0. The predicted octanol–water partition coefficient (Wildman–Crippen LogP) is 6.07. The third-order valence-electron chi connectivity index (χ3n) is 4.65. The molecule has 31 heavy (non-hydrogen) atoms. The fourth-order valence-corrected chi connectivity index (χ4v) is 2.98. The van der Waals surface area contributed by atoms with Gasteiger partial charge in [-0.3, -0.25) is 0 Å². The van der Waals surface area contributed by atoms with Crippen LogP contribution < -0.4 is 4.74 Å². The number of benzene rings is 4. The summed E-state index contributed by atoms with van der Waals surface area (Å²) in [6.45, 7) is 0. The highest BCUT2D eigenvalue weighted by Gasteiger charge is 2.13. The zero-order chi connectivity index (χ0) is 21.8. The van der Waals surface area contributed by atoms with Gasteiger partial charge in [0, 0.05) is 27.6 Å². The summed E-state index contributed by atoms with van der Waals surface area (Å²) in [5.74, 6) is 9.04. The molecule has 0 saturated carbocycles. The molecule has 4 rings (SSSR count). The second kappa shape index (κ2) is 8.69. The van der Waals surface area contributed by atoms with Crippen molar-refractivity contribution in [3.05, 3.63) is 113 Å². The SMILES string of the molecule is COc1ccc(C#Cc2ccc(C#Cc3ccc4c(F)c(F)c(F)cc4c3)cc2)cc1. The second-order valence-corrected chi connectivity index (χ2v) is 6.73. The largest absolute Gasteiger partial charge is 0.497 e. The summed E-state index contributed by atoms with van der Waals surface area (Å²) >= 11 is 0. The molecule has 0 heterocycles. The topological polar surface area (TPSA) is 9.23 Å². The van der Waals surface area contributed by atoms with Crippen molar-refractivity contribution in [3.8, 4) is 29.4 Å². The van der Waals surface area contributed by atoms with Crippen molar-refractivity contribution >= 4 is 10.8 Å². The van der Waals surface area contributed by atoms with E-state index in [1.165, 1.54) is 12.1 Å². The summed E-state index contributed by atoms with van der Waals surface area (Å²) in [5.41, 5.74) is 3.07. The Bertz CT molecular complexity index is 1380. The average molecular weight is 412 g/mol. The van der Waals surface area contributed by atoms with E-state index < -0.39 is 17.5 Å². The van der Waals surface area contributed by atoms with Crippen molar-refractivity contribution in [1.82, 2.24) is 0 Å². The second-order valence-electron chi connectivity index (χ2n) is 6.73. The first-order valence-corrected chi connectivity index (χ1v) is 9.39. The van der Waals surface area contributed by atoms with Gasteiger partial charge in [-0.1, -0.05) is 29.7 Å². The summed E-state index contributed by atoms with van der Waals surface area (Å²) in [7, 11) is 1.62. The molecule has 0 radical (unpaired) electrons. The minimum atomic E-state index is -1.47. The number of hydrogen-bond donors (Lipinski definition) is 0. The van der Waals surface area contributed by atoms with Gasteiger partial charge >= 0.3 is 0 Å². The Hall–Kier alpha value is -4.15. The summed E-state index contributed by atoms with van der Waals surface area (Å²) in [6.07, 6.45) is 0. The molecule has 0 aliphatic carbocycles. The highest BCUT2D eigenvalue weighted by atomic mass is 19.2. The van der Waals surface area contributed by atoms with E-state index in [0.29, 0.717) is 5.56 Å². The van der Waals surface area contributed by atoms with Crippen molar-refractivity contribution in [2.45, 2.75) is 0 Å². The maximum Gasteiger partial charge on any atom is 0.195 e. The van der Waals surface area contributed by atoms with Crippen LogP contribution >= 0.6 is 0 Å². The Balaban J connectivity index is 1.52. The highest BCUT2D eigenvalue weighted by molar-refractivity contribution is 5.84. The molecule has 0 aromatic heterocycles. The fraction of sp³-hybridized carbons (Fsp3) is 0.0370. The molecular weight excluding hydrogens is 397 g/mol. The summed E-state index contributed by atoms with van der Waals surface area (Å²) in [6, 6.07) is 20.4. The van der Waals surface area contributed by atoms with Gasteiger partial charge in [-0.15, -0.1) is 0 Å². The molecule has 4 aromatic rings. The van der Waals surface area contributed by atoms with Crippen molar-refractivity contribution in [1.29, 1.82) is 0 Å². The number of methoxy groups -OCH3 is 1. The maximum atomic E-state index is 13.8. The molecule has 0 N–H and O–H groups in total. The van der Waals surface area contributed by atoms with E-state index in [1.54, 1.807) is 13.2 Å². The fourth-order valence-electron chi connectivity index (χ4n) is 2.98. The van der Waals surface area contributed by atoms with E-state index in [4.69, 9.17) is 4.74 Å². The van der Waals surface area contributed by atoms with Crippen LogP contribution in [0.4, 0.5) is 13.2 Å². The Morgan fingerprint density at radius 2 is 1.06 bits per heavy atom. The van der Waals surface area contributed by atoms with Crippen molar-refractivity contribution in [3.63, 3.8) is 0 Å². The van der Waals surface area contributed by atoms with Crippen LogP contribution in [0, 0.1) is 41.1 Å². The third-order valence-corrected chi connectivity index (χ3v) is 4.65. The van der Waals surface area contributed by atoms with E-state index in [2.05, 4.69) is 23.7 Å². The van der Waals surface area contributed by atoms with Gasteiger partial charge in [0.1, 0.15) is 5.75 Å². The predicted molar refractivity (Wildman–Crippen MR) is 115 cm³/mol. The first-order chi connectivity index (χ1) is 15.0. The molecule has 4 aromatic carbocycles. The zero-order valence-electron chi connectivity index (χ0n) is 16.5. The third kappa shape index (κ3) is 4.55. The lowest BCUT2D eigenvalue weighted by molar-refractivity contribution is 0.415. The molecule has 0 unspecified atom stereocenters. The molecular formula is C27H15F3O. The van der Waals surface area contributed by atoms with Gasteiger partial charge in [-0.25, -0.2) is 13.2 Å². The molecule has 0 bridgehead atoms. The lowest BCUT2D eigenvalue weighted by Crippen LogP contribution is -1.92. The van der Waals surface area contributed by atoms with Crippen LogP contribution in [0.25, 0.3) is 10.8 Å². The number of halogens is 3. The molecule has 0 saturated heterocycles. The summed E-state index contributed by atoms with van der Waals surface area (Å²) < 4.78 is 45.8. The van der Waals surface area contributed by atoms with Gasteiger partial charge < -0.3 is 4.74 Å². The quantitative estimate of drug-likeness (QED) is 0.273. The number of hydrogen-bond acceptors (Lipinski definition) is 1. The molecule has 0 amide bonds. The van der Waals surface area contributed by atoms with Gasteiger partial charge in [0.25, 0.3) is 0 Å². The minimum Gasteiger partial charge on any atom is -0.497 e. The van der Waals surface area contributed by atoms with E-state index >= 15 is 0 Å². The molecule has 0 atom stereocenters. The molecule has 4 heteroatoms. The number of ether oxygens (including phenoxy) is 1. The van der Waals surface area contributed by atoms with Crippen molar-refractivity contribution in [2.24, 2.45) is 0 Å². The molecule has 0 aliphatic rings. The number of rotatable bonds is 1. The van der Waals surface area contributed by atoms with Gasteiger partial charge in [0.15, 0.2) is 17.5 Å². The smallest absolute Gasteiger partial charge is 0.195 e. The van der Waals surface area contributed by atoms with Gasteiger partial charge in [0.05, 0.1) is 7.11 Å². The highest BCUT2D eigenvalue weighted by Crippen LogP contribution is 2.24. The van der Waals surface area contributed by atoms with Gasteiger partial charge in [-0.2, -0.15) is 0 Å². The lowest BCUT2D eigenvalue weighted by Gasteiger charge is -2.02. The van der Waals surface area contributed by atoms with E-state index in [-0.39, 0.29) is 10.8 Å². The van der Waals surface area contributed by atoms with Gasteiger partial charge in [-0.05, 0) is 72.1 Å². The Labute approximate surface area is 178 Å². The normalized spacial score (nSPS) is 10.1. The van der Waals surface area contributed by atoms with Crippen molar-refractivity contribution in [2.75, 3.05) is 7.11 Å². The van der Waals surface area contributed by atoms with Crippen LogP contribution in [0.2, 0.25) is 0 Å². The minimum absolute atomic E-state index is 0.0178. The molecule has 0 aliphatic heterocycles. The van der Waals surface area contributed by atoms with Crippen LogP contribution in [0.1, 0.15) is 22.3 Å². The lowest BCUT2D eigenvalue weighted by atomic mass is 10.1. The van der Waals surface area contributed by atoms with Gasteiger partial charge in [0.2, 0.25) is 0 Å². The molecule has 150 valence electrons. The monoisotopic (exact) mass is 412 g/mol. The maximum absolute atomic E-state index is 13.8. The zero-order valence-corrected chi connectivity index (χ0v) is 16.5. The van der Waals surface area contributed by atoms with Crippen molar-refractivity contribution < 1.29 is 17.9 Å². The van der Waals surface area contributed by atoms with E-state index in [9.17, 15) is 13.2 Å². The number of fused-ring (bicyclic) bond motifs is 1. The van der Waals surface area contributed by atoms with Crippen LogP contribution in [-0.4, -0.2) is 7.11 Å². The van der Waals surface area contributed by atoms with Crippen LogP contribution in [-0.2, 0) is 0 Å². The molecule has 0 spiro atoms. The standard InChI is InChI=1S/C27H15F3O/c1-31-23-13-10-20(11-14-23)7-6-18-2-4-19(5-3-18)8-9-21-12-15-24-22(16-21)17-25(28)27(30)26(24)29/h2-5,10-17H,1H3. The Morgan fingerprint density at radius 1 is 0.581 bits per heavy atom. The average Bonchev–Trinajstić information content (AvgIpc) is 2.81. The molecule has 0 fully saturated rings. The van der Waals surface area contributed by atoms with E-state index in [1.807, 2.05) is 48.5 Å². The van der Waals surface area contributed by atoms with Crippen LogP contribution in [0.5, 0.6) is 5.75 Å². The first-order valence-electron chi connectivity index (χ1n) is 9.39. The first kappa shape index (κ1) is 20.1. The van der Waals surface area contributed by atoms with Crippen LogP contribution in [0.15, 0.2) is 72.8 Å².